The summed E-state index contributed by atoms with van der Waals surface area (Å²) in [5, 5.41) is 1.99. The Morgan fingerprint density at radius 3 is 2.44 bits per heavy atom. The van der Waals surface area contributed by atoms with E-state index in [0.717, 1.165) is 16.2 Å². The van der Waals surface area contributed by atoms with Gasteiger partial charge in [-0.3, -0.25) is 4.03 Å². The number of hydrogen-bond donors (Lipinski definition) is 0. The highest BCUT2D eigenvalue weighted by Crippen LogP contribution is 2.40. The van der Waals surface area contributed by atoms with Gasteiger partial charge in [-0.15, -0.1) is 11.3 Å². The van der Waals surface area contributed by atoms with E-state index in [1.54, 1.807) is 0 Å². The van der Waals surface area contributed by atoms with Gasteiger partial charge in [0.25, 0.3) is 0 Å². The lowest BCUT2D eigenvalue weighted by molar-refractivity contribution is 0.684. The van der Waals surface area contributed by atoms with Crippen molar-refractivity contribution < 1.29 is 4.21 Å². The van der Waals surface area contributed by atoms with Gasteiger partial charge in [0.05, 0.1) is 0 Å². The van der Waals surface area contributed by atoms with E-state index >= 15 is 0 Å². The highest BCUT2D eigenvalue weighted by atomic mass is 35.7. The van der Waals surface area contributed by atoms with E-state index in [0.29, 0.717) is 0 Å². The molecule has 104 valence electrons. The molecule has 0 saturated carbocycles. The fraction of sp³-hybridized carbons (Fsp3) is 0.667. The number of aryl methyl sites for hydroxylation is 1. The van der Waals surface area contributed by atoms with Crippen LogP contribution in [-0.2, 0) is 15.4 Å². The number of hydrogen-bond acceptors (Lipinski definition) is 3. The molecule has 1 heterocycles. The molecule has 1 aromatic rings. The van der Waals surface area contributed by atoms with Crippen molar-refractivity contribution >= 4 is 39.2 Å². The minimum atomic E-state index is -2.77. The lowest BCUT2D eigenvalue weighted by Gasteiger charge is -2.32. The van der Waals surface area contributed by atoms with Crippen molar-refractivity contribution in [1.82, 2.24) is 0 Å². The molecule has 0 N–H and O–H groups in total. The second kappa shape index (κ2) is 5.27. The number of nitrogens with zero attached hydrogens (tertiary/aromatic N) is 1. The maximum Gasteiger partial charge on any atom is 0.194 e. The molecular weight excluding hydrogens is 302 g/mol. The molecule has 2 nitrogen and oxygen atoms in total. The molecule has 0 aliphatic carbocycles. The standard InChI is InChI=1S/C12H22ClNOS2Si/c1-7-10-8-9-16-11(10)17(13,15)14-18(5,6)12(2,3)4/h8-9H,7H2,1-6H3. The summed E-state index contributed by atoms with van der Waals surface area (Å²) in [5.74, 6) is 0. The highest BCUT2D eigenvalue weighted by molar-refractivity contribution is 8.17. The van der Waals surface area contributed by atoms with Crippen LogP contribution in [-0.4, -0.2) is 12.4 Å². The molecule has 0 bridgehead atoms. The third kappa shape index (κ3) is 3.38. The zero-order valence-electron chi connectivity index (χ0n) is 11.9. The molecule has 0 amide bonds. The van der Waals surface area contributed by atoms with Gasteiger partial charge in [-0.1, -0.05) is 27.7 Å². The van der Waals surface area contributed by atoms with Crippen LogP contribution in [0, 0.1) is 0 Å². The average Bonchev–Trinajstić information content (AvgIpc) is 2.62. The van der Waals surface area contributed by atoms with Crippen LogP contribution < -0.4 is 0 Å². The molecule has 6 heteroatoms. The second-order valence-corrected chi connectivity index (χ2v) is 15.0. The average molecular weight is 324 g/mol. The molecule has 0 spiro atoms. The van der Waals surface area contributed by atoms with Crippen LogP contribution in [0.25, 0.3) is 0 Å². The second-order valence-electron chi connectivity index (χ2n) is 5.95. The molecule has 0 radical (unpaired) electrons. The first-order chi connectivity index (χ1) is 8.01. The SMILES string of the molecule is CCc1ccsc1S(=O)(Cl)=N[Si](C)(C)C(C)(C)C. The molecule has 0 fully saturated rings. The summed E-state index contributed by atoms with van der Waals surface area (Å²) < 4.78 is 18.1. The van der Waals surface area contributed by atoms with Gasteiger partial charge in [-0.05, 0) is 41.6 Å². The maximum atomic E-state index is 12.7. The molecule has 0 aromatic carbocycles. The molecule has 0 saturated heterocycles. The van der Waals surface area contributed by atoms with Crippen molar-refractivity contribution in [2.24, 2.45) is 4.03 Å². The van der Waals surface area contributed by atoms with E-state index in [9.17, 15) is 4.21 Å². The zero-order chi connectivity index (χ0) is 14.2. The largest absolute Gasteiger partial charge is 0.260 e. The van der Waals surface area contributed by atoms with Gasteiger partial charge in [0.1, 0.15) is 4.21 Å². The van der Waals surface area contributed by atoms with Crippen molar-refractivity contribution in [3.8, 4) is 0 Å². The topological polar surface area (TPSA) is 29.4 Å². The maximum absolute atomic E-state index is 12.7. The molecule has 0 aliphatic heterocycles. The Balaban J connectivity index is 3.35. The van der Waals surface area contributed by atoms with E-state index < -0.39 is 17.2 Å². The monoisotopic (exact) mass is 323 g/mol. The van der Waals surface area contributed by atoms with Crippen LogP contribution in [0.4, 0.5) is 0 Å². The summed E-state index contributed by atoms with van der Waals surface area (Å²) >= 11 is 1.45. The summed E-state index contributed by atoms with van der Waals surface area (Å²) in [5.41, 5.74) is 1.06. The van der Waals surface area contributed by atoms with Gasteiger partial charge in [0.15, 0.2) is 17.2 Å². The Labute approximate surface area is 121 Å². The van der Waals surface area contributed by atoms with Gasteiger partial charge in [0, 0.05) is 10.7 Å². The molecule has 1 atom stereocenters. The van der Waals surface area contributed by atoms with E-state index in [2.05, 4.69) is 37.9 Å². The third-order valence-corrected chi connectivity index (χ3v) is 13.7. The van der Waals surface area contributed by atoms with Crippen LogP contribution >= 0.6 is 22.0 Å². The fourth-order valence-corrected chi connectivity index (χ4v) is 9.46. The molecule has 1 aromatic heterocycles. The summed E-state index contributed by atoms with van der Waals surface area (Å²) in [6.07, 6.45) is 0.843. The first-order valence-electron chi connectivity index (χ1n) is 6.05. The van der Waals surface area contributed by atoms with Crippen molar-refractivity contribution in [3.63, 3.8) is 0 Å². The van der Waals surface area contributed by atoms with Crippen LogP contribution in [0.3, 0.4) is 0 Å². The minimum absolute atomic E-state index is 0.0498. The summed E-state index contributed by atoms with van der Waals surface area (Å²) in [7, 11) is 1.50. The lowest BCUT2D eigenvalue weighted by Crippen LogP contribution is -2.35. The van der Waals surface area contributed by atoms with Gasteiger partial charge in [0.2, 0.25) is 0 Å². The van der Waals surface area contributed by atoms with Gasteiger partial charge in [-0.2, -0.15) is 0 Å². The van der Waals surface area contributed by atoms with Crippen LogP contribution in [0.5, 0.6) is 0 Å². The summed E-state index contributed by atoms with van der Waals surface area (Å²) in [6, 6.07) is 1.99. The highest BCUT2D eigenvalue weighted by Gasteiger charge is 2.38. The van der Waals surface area contributed by atoms with Crippen LogP contribution in [0.15, 0.2) is 19.7 Å². The molecule has 1 rings (SSSR count). The minimum Gasteiger partial charge on any atom is -0.260 e. The quantitative estimate of drug-likeness (QED) is 0.548. The van der Waals surface area contributed by atoms with Gasteiger partial charge >= 0.3 is 0 Å². The van der Waals surface area contributed by atoms with E-state index in [1.165, 1.54) is 11.3 Å². The number of rotatable bonds is 3. The predicted molar refractivity (Wildman–Crippen MR) is 85.6 cm³/mol. The summed E-state index contributed by atoms with van der Waals surface area (Å²) in [6.45, 7) is 12.7. The van der Waals surface area contributed by atoms with Gasteiger partial charge in [-0.25, -0.2) is 4.21 Å². The van der Waals surface area contributed by atoms with E-state index in [4.69, 9.17) is 10.7 Å². The Bertz CT molecular complexity index is 537. The zero-order valence-corrected chi connectivity index (χ0v) is 15.3. The third-order valence-electron chi connectivity index (χ3n) is 3.50. The normalized spacial score (nSPS) is 16.4. The summed E-state index contributed by atoms with van der Waals surface area (Å²) in [4.78, 5) is 0. The van der Waals surface area contributed by atoms with Crippen molar-refractivity contribution in [1.29, 1.82) is 0 Å². The first kappa shape index (κ1) is 16.2. The van der Waals surface area contributed by atoms with Crippen molar-refractivity contribution in [2.75, 3.05) is 0 Å². The van der Waals surface area contributed by atoms with E-state index in [-0.39, 0.29) is 5.04 Å². The Hall–Kier alpha value is 0.157. The number of thiophene rings is 1. The smallest absolute Gasteiger partial charge is 0.194 e. The Kier molecular flexibility index (Phi) is 4.74. The van der Waals surface area contributed by atoms with Gasteiger partial charge < -0.3 is 0 Å². The van der Waals surface area contributed by atoms with Crippen molar-refractivity contribution in [3.05, 3.63) is 17.0 Å². The first-order valence-corrected chi connectivity index (χ1v) is 12.2. The Morgan fingerprint density at radius 2 is 2.00 bits per heavy atom. The Morgan fingerprint density at radius 1 is 1.44 bits per heavy atom. The predicted octanol–water partition coefficient (Wildman–Crippen LogP) is 5.30. The van der Waals surface area contributed by atoms with Crippen LogP contribution in [0.1, 0.15) is 33.3 Å². The molecule has 1 unspecified atom stereocenters. The van der Waals surface area contributed by atoms with Crippen molar-refractivity contribution in [2.45, 2.75) is 56.5 Å². The number of halogens is 1. The molecule has 0 aliphatic rings. The lowest BCUT2D eigenvalue weighted by atomic mass is 10.2. The molecule has 18 heavy (non-hydrogen) atoms. The molecular formula is C12H22ClNOS2Si. The fourth-order valence-electron chi connectivity index (χ4n) is 1.28. The van der Waals surface area contributed by atoms with Crippen LogP contribution in [0.2, 0.25) is 18.1 Å². The van der Waals surface area contributed by atoms with E-state index in [1.807, 2.05) is 18.4 Å².